The second-order valence-corrected chi connectivity index (χ2v) is 3.29. The van der Waals surface area contributed by atoms with Gasteiger partial charge < -0.3 is 14.4 Å². The highest BCUT2D eigenvalue weighted by atomic mass is 16.5. The Hall–Kier alpha value is -0.410. The van der Waals surface area contributed by atoms with Crippen molar-refractivity contribution >= 4 is 6.29 Å². The number of carbonyl (C=O) groups excluding carboxylic acids is 1. The minimum absolute atomic E-state index is 0.319. The summed E-state index contributed by atoms with van der Waals surface area (Å²) in [5, 5.41) is 0. The van der Waals surface area contributed by atoms with Crippen LogP contribution in [0.3, 0.4) is 0 Å². The van der Waals surface area contributed by atoms with Crippen LogP contribution in [-0.2, 0) is 9.53 Å². The van der Waals surface area contributed by atoms with Crippen LogP contribution in [0, 0.1) is 0 Å². The normalized spacial score (nSPS) is 26.6. The summed E-state index contributed by atoms with van der Waals surface area (Å²) in [5.74, 6) is 0. The Balaban J connectivity index is 2.25. The summed E-state index contributed by atoms with van der Waals surface area (Å²) in [4.78, 5) is 12.5. The molecule has 0 aromatic carbocycles. The summed E-state index contributed by atoms with van der Waals surface area (Å²) in [7, 11) is 0. The minimum atomic E-state index is 0.319. The average molecular weight is 171 g/mol. The van der Waals surface area contributed by atoms with E-state index in [1.165, 1.54) is 0 Å². The van der Waals surface area contributed by atoms with Crippen molar-refractivity contribution in [2.75, 3.05) is 26.2 Å². The van der Waals surface area contributed by atoms with E-state index in [9.17, 15) is 4.79 Å². The average Bonchev–Trinajstić information content (AvgIpc) is 2.26. The maximum atomic E-state index is 10.2. The van der Waals surface area contributed by atoms with E-state index in [1.807, 2.05) is 0 Å². The molecule has 0 spiro atoms. The standard InChI is InChI=1S/C9H17NO2/c1-9-8-10(4-2-6-11)5-3-7-12-9/h6,9H,2-5,7-8H2,1H3. The molecule has 0 aromatic rings. The SMILES string of the molecule is CC1CN(CCC=O)CCCO1. The lowest BCUT2D eigenvalue weighted by molar-refractivity contribution is -0.108. The van der Waals surface area contributed by atoms with Gasteiger partial charge >= 0.3 is 0 Å². The van der Waals surface area contributed by atoms with E-state index in [-0.39, 0.29) is 0 Å². The monoisotopic (exact) mass is 171 g/mol. The summed E-state index contributed by atoms with van der Waals surface area (Å²) in [6.45, 7) is 5.86. The van der Waals surface area contributed by atoms with Crippen LogP contribution in [0.4, 0.5) is 0 Å². The fourth-order valence-corrected chi connectivity index (χ4v) is 1.52. The number of nitrogens with zero attached hydrogens (tertiary/aromatic N) is 1. The molecule has 1 aliphatic heterocycles. The lowest BCUT2D eigenvalue weighted by Gasteiger charge is -2.20. The Kier molecular flexibility index (Phi) is 4.25. The van der Waals surface area contributed by atoms with Gasteiger partial charge in [-0.25, -0.2) is 0 Å². The van der Waals surface area contributed by atoms with Crippen LogP contribution < -0.4 is 0 Å². The van der Waals surface area contributed by atoms with Crippen LogP contribution in [0.25, 0.3) is 0 Å². The fraction of sp³-hybridized carbons (Fsp3) is 0.889. The van der Waals surface area contributed by atoms with Gasteiger partial charge in [0.15, 0.2) is 0 Å². The predicted octanol–water partition coefficient (Wildman–Crippen LogP) is 0.686. The zero-order valence-corrected chi connectivity index (χ0v) is 7.66. The van der Waals surface area contributed by atoms with Crippen molar-refractivity contribution in [3.63, 3.8) is 0 Å². The highest BCUT2D eigenvalue weighted by Crippen LogP contribution is 2.04. The van der Waals surface area contributed by atoms with Crippen LogP contribution >= 0.6 is 0 Å². The van der Waals surface area contributed by atoms with E-state index in [0.29, 0.717) is 12.5 Å². The zero-order chi connectivity index (χ0) is 8.81. The second kappa shape index (κ2) is 5.27. The van der Waals surface area contributed by atoms with Crippen LogP contribution in [0.2, 0.25) is 0 Å². The molecule has 0 N–H and O–H groups in total. The molecule has 70 valence electrons. The number of carbonyl (C=O) groups is 1. The van der Waals surface area contributed by atoms with Gasteiger partial charge in [-0.2, -0.15) is 0 Å². The van der Waals surface area contributed by atoms with Crippen molar-refractivity contribution in [2.24, 2.45) is 0 Å². The van der Waals surface area contributed by atoms with Gasteiger partial charge in [0.05, 0.1) is 6.10 Å². The quantitative estimate of drug-likeness (QED) is 0.585. The van der Waals surface area contributed by atoms with Gasteiger partial charge in [0.1, 0.15) is 6.29 Å². The van der Waals surface area contributed by atoms with Crippen molar-refractivity contribution in [3.05, 3.63) is 0 Å². The molecule has 12 heavy (non-hydrogen) atoms. The van der Waals surface area contributed by atoms with Gasteiger partial charge in [-0.05, 0) is 13.3 Å². The predicted molar refractivity (Wildman–Crippen MR) is 47.2 cm³/mol. The highest BCUT2D eigenvalue weighted by Gasteiger charge is 2.13. The van der Waals surface area contributed by atoms with Crippen LogP contribution in [-0.4, -0.2) is 43.5 Å². The first kappa shape index (κ1) is 9.68. The lowest BCUT2D eigenvalue weighted by atomic mass is 10.3. The zero-order valence-electron chi connectivity index (χ0n) is 7.66. The summed E-state index contributed by atoms with van der Waals surface area (Å²) < 4.78 is 5.48. The molecule has 3 heteroatoms. The van der Waals surface area contributed by atoms with E-state index in [0.717, 1.165) is 38.9 Å². The van der Waals surface area contributed by atoms with Gasteiger partial charge in [0.25, 0.3) is 0 Å². The van der Waals surface area contributed by atoms with Crippen LogP contribution in [0.5, 0.6) is 0 Å². The Morgan fingerprint density at radius 1 is 1.67 bits per heavy atom. The minimum Gasteiger partial charge on any atom is -0.377 e. The van der Waals surface area contributed by atoms with E-state index in [1.54, 1.807) is 0 Å². The second-order valence-electron chi connectivity index (χ2n) is 3.29. The molecule has 1 unspecified atom stereocenters. The molecule has 1 saturated heterocycles. The largest absolute Gasteiger partial charge is 0.377 e. The molecular formula is C9H17NO2. The third-order valence-corrected chi connectivity index (χ3v) is 2.10. The van der Waals surface area contributed by atoms with Crippen LogP contribution in [0.1, 0.15) is 19.8 Å². The van der Waals surface area contributed by atoms with Crippen molar-refractivity contribution < 1.29 is 9.53 Å². The van der Waals surface area contributed by atoms with E-state index in [2.05, 4.69) is 11.8 Å². The number of hydrogen-bond acceptors (Lipinski definition) is 3. The first-order chi connectivity index (χ1) is 5.83. The molecule has 1 fully saturated rings. The molecule has 0 radical (unpaired) electrons. The van der Waals surface area contributed by atoms with Gasteiger partial charge in [0.2, 0.25) is 0 Å². The lowest BCUT2D eigenvalue weighted by Crippen LogP contribution is -2.31. The molecule has 0 aromatic heterocycles. The molecular weight excluding hydrogens is 154 g/mol. The maximum Gasteiger partial charge on any atom is 0.121 e. The Bertz CT molecular complexity index is 138. The first-order valence-corrected chi connectivity index (χ1v) is 4.60. The van der Waals surface area contributed by atoms with Gasteiger partial charge in [0, 0.05) is 32.7 Å². The molecule has 1 heterocycles. The molecule has 0 bridgehead atoms. The molecule has 0 aliphatic carbocycles. The van der Waals surface area contributed by atoms with Crippen molar-refractivity contribution in [1.29, 1.82) is 0 Å². The van der Waals surface area contributed by atoms with E-state index >= 15 is 0 Å². The summed E-state index contributed by atoms with van der Waals surface area (Å²) in [6.07, 6.45) is 3.03. The Morgan fingerprint density at radius 2 is 2.50 bits per heavy atom. The van der Waals surface area contributed by atoms with E-state index < -0.39 is 0 Å². The fourth-order valence-electron chi connectivity index (χ4n) is 1.52. The number of ether oxygens (including phenoxy) is 1. The van der Waals surface area contributed by atoms with Crippen LogP contribution in [0.15, 0.2) is 0 Å². The maximum absolute atomic E-state index is 10.2. The van der Waals surface area contributed by atoms with Gasteiger partial charge in [-0.15, -0.1) is 0 Å². The molecule has 0 saturated carbocycles. The Labute approximate surface area is 73.7 Å². The van der Waals surface area contributed by atoms with Crippen molar-refractivity contribution in [2.45, 2.75) is 25.9 Å². The number of rotatable bonds is 3. The highest BCUT2D eigenvalue weighted by molar-refractivity contribution is 5.49. The molecule has 1 rings (SSSR count). The molecule has 1 aliphatic rings. The summed E-state index contributed by atoms with van der Waals surface area (Å²) >= 11 is 0. The summed E-state index contributed by atoms with van der Waals surface area (Å²) in [6, 6.07) is 0. The molecule has 1 atom stereocenters. The van der Waals surface area contributed by atoms with Crippen molar-refractivity contribution in [3.8, 4) is 0 Å². The summed E-state index contributed by atoms with van der Waals surface area (Å²) in [5.41, 5.74) is 0. The number of hydrogen-bond donors (Lipinski definition) is 0. The molecule has 3 nitrogen and oxygen atoms in total. The third kappa shape index (κ3) is 3.32. The van der Waals surface area contributed by atoms with Gasteiger partial charge in [-0.3, -0.25) is 0 Å². The molecule has 0 amide bonds. The third-order valence-electron chi connectivity index (χ3n) is 2.10. The van der Waals surface area contributed by atoms with Crippen molar-refractivity contribution in [1.82, 2.24) is 4.90 Å². The first-order valence-electron chi connectivity index (χ1n) is 4.60. The topological polar surface area (TPSA) is 29.5 Å². The Morgan fingerprint density at radius 3 is 3.25 bits per heavy atom. The van der Waals surface area contributed by atoms with E-state index in [4.69, 9.17) is 4.74 Å². The smallest absolute Gasteiger partial charge is 0.121 e. The number of aldehydes is 1. The van der Waals surface area contributed by atoms with Gasteiger partial charge in [-0.1, -0.05) is 0 Å².